The molecular formula is C25H24FN5O2. The van der Waals surface area contributed by atoms with Gasteiger partial charge >= 0.3 is 6.03 Å². The number of carbonyl (C=O) groups is 1. The summed E-state index contributed by atoms with van der Waals surface area (Å²) >= 11 is 0. The van der Waals surface area contributed by atoms with E-state index in [0.717, 1.165) is 16.9 Å². The number of aromatic nitrogens is 2. The number of para-hydroxylation sites is 1. The van der Waals surface area contributed by atoms with Crippen molar-refractivity contribution in [2.45, 2.75) is 6.42 Å². The Morgan fingerprint density at radius 2 is 1.73 bits per heavy atom. The number of nitrogens with two attached hydrogens (primary N) is 1. The number of halogens is 1. The molecule has 168 valence electrons. The average molecular weight is 445 g/mol. The van der Waals surface area contributed by atoms with Gasteiger partial charge in [0.15, 0.2) is 5.82 Å². The SMILES string of the molecule is COc1ccccc1CCNC(=O)Nc1c(-c2ccccc2)nn(-c2ccc(F)cc2)c1N. The van der Waals surface area contributed by atoms with Crippen LogP contribution in [0.1, 0.15) is 5.56 Å². The fraction of sp³-hybridized carbons (Fsp3) is 0.120. The van der Waals surface area contributed by atoms with Gasteiger partial charge in [-0.15, -0.1) is 0 Å². The van der Waals surface area contributed by atoms with Gasteiger partial charge < -0.3 is 21.1 Å². The first-order chi connectivity index (χ1) is 16.1. The Morgan fingerprint density at radius 3 is 2.45 bits per heavy atom. The maximum atomic E-state index is 13.4. The van der Waals surface area contributed by atoms with Gasteiger partial charge in [0.05, 0.1) is 12.8 Å². The number of ether oxygens (including phenoxy) is 1. The van der Waals surface area contributed by atoms with Crippen molar-refractivity contribution in [2.24, 2.45) is 0 Å². The number of hydrogen-bond donors (Lipinski definition) is 3. The summed E-state index contributed by atoms with van der Waals surface area (Å²) in [6.45, 7) is 0.402. The summed E-state index contributed by atoms with van der Waals surface area (Å²) < 4.78 is 20.2. The zero-order valence-electron chi connectivity index (χ0n) is 18.1. The standard InChI is InChI=1S/C25H24FN5O2/c1-33-21-10-6-5-7-17(21)15-16-28-25(32)29-23-22(18-8-3-2-4-9-18)30-31(24(23)27)20-13-11-19(26)12-14-20/h2-14H,15-16,27H2,1H3,(H2,28,29,32). The largest absolute Gasteiger partial charge is 0.496 e. The van der Waals surface area contributed by atoms with Crippen molar-refractivity contribution >= 4 is 17.5 Å². The van der Waals surface area contributed by atoms with Gasteiger partial charge in [-0.3, -0.25) is 0 Å². The highest BCUT2D eigenvalue weighted by molar-refractivity contribution is 5.97. The second-order valence-electron chi connectivity index (χ2n) is 7.31. The smallest absolute Gasteiger partial charge is 0.319 e. The first kappa shape index (κ1) is 21.9. The molecule has 3 aromatic carbocycles. The predicted molar refractivity (Wildman–Crippen MR) is 127 cm³/mol. The third-order valence-corrected chi connectivity index (χ3v) is 5.15. The number of methoxy groups -OCH3 is 1. The van der Waals surface area contributed by atoms with Crippen LogP contribution >= 0.6 is 0 Å². The molecule has 7 nitrogen and oxygen atoms in total. The van der Waals surface area contributed by atoms with Crippen LogP contribution < -0.4 is 21.1 Å². The molecule has 0 aliphatic rings. The number of hydrogen-bond acceptors (Lipinski definition) is 4. The van der Waals surface area contributed by atoms with Crippen molar-refractivity contribution in [3.05, 3.63) is 90.2 Å². The molecule has 0 saturated carbocycles. The van der Waals surface area contributed by atoms with Crippen molar-refractivity contribution < 1.29 is 13.9 Å². The summed E-state index contributed by atoms with van der Waals surface area (Å²) in [5.74, 6) is 0.650. The number of carbonyl (C=O) groups excluding carboxylic acids is 1. The zero-order valence-corrected chi connectivity index (χ0v) is 18.1. The summed E-state index contributed by atoms with van der Waals surface area (Å²) in [6, 6.07) is 22.4. The van der Waals surface area contributed by atoms with E-state index >= 15 is 0 Å². The summed E-state index contributed by atoms with van der Waals surface area (Å²) in [7, 11) is 1.62. The van der Waals surface area contributed by atoms with Gasteiger partial charge in [0.25, 0.3) is 0 Å². The number of amides is 2. The molecule has 1 aromatic heterocycles. The average Bonchev–Trinajstić information content (AvgIpc) is 3.16. The Morgan fingerprint density at radius 1 is 1.03 bits per heavy atom. The third-order valence-electron chi connectivity index (χ3n) is 5.15. The third kappa shape index (κ3) is 4.95. The monoisotopic (exact) mass is 445 g/mol. The zero-order chi connectivity index (χ0) is 23.2. The molecule has 4 N–H and O–H groups in total. The molecule has 0 fully saturated rings. The summed E-state index contributed by atoms with van der Waals surface area (Å²) in [5.41, 5.74) is 9.61. The molecule has 4 rings (SSSR count). The van der Waals surface area contributed by atoms with E-state index in [2.05, 4.69) is 15.7 Å². The lowest BCUT2D eigenvalue weighted by atomic mass is 10.1. The molecule has 0 aliphatic carbocycles. The Labute approximate surface area is 191 Å². The van der Waals surface area contributed by atoms with Gasteiger partial charge in [-0.25, -0.2) is 13.9 Å². The van der Waals surface area contributed by atoms with Crippen molar-refractivity contribution in [1.29, 1.82) is 0 Å². The maximum Gasteiger partial charge on any atom is 0.319 e. The molecule has 8 heteroatoms. The maximum absolute atomic E-state index is 13.4. The molecule has 0 unspecified atom stereocenters. The quantitative estimate of drug-likeness (QED) is 0.386. The van der Waals surface area contributed by atoms with Gasteiger partial charge in [0, 0.05) is 12.1 Å². The fourth-order valence-corrected chi connectivity index (χ4v) is 3.51. The molecule has 1 heterocycles. The summed E-state index contributed by atoms with van der Waals surface area (Å²) in [4.78, 5) is 12.7. The topological polar surface area (TPSA) is 94.2 Å². The molecule has 0 saturated heterocycles. The number of nitrogens with zero attached hydrogens (tertiary/aromatic N) is 2. The fourth-order valence-electron chi connectivity index (χ4n) is 3.51. The predicted octanol–water partition coefficient (Wildman–Crippen LogP) is 4.63. The highest BCUT2D eigenvalue weighted by Gasteiger charge is 2.20. The minimum absolute atomic E-state index is 0.236. The normalized spacial score (nSPS) is 10.6. The lowest BCUT2D eigenvalue weighted by Gasteiger charge is -2.11. The van der Waals surface area contributed by atoms with Crippen LogP contribution in [0, 0.1) is 5.82 Å². The van der Waals surface area contributed by atoms with Crippen LogP contribution in [0.4, 0.5) is 20.7 Å². The first-order valence-electron chi connectivity index (χ1n) is 10.4. The Hall–Kier alpha value is -4.33. The number of rotatable bonds is 7. The lowest BCUT2D eigenvalue weighted by molar-refractivity contribution is 0.252. The van der Waals surface area contributed by atoms with Gasteiger partial charge in [-0.05, 0) is 42.3 Å². The molecular weight excluding hydrogens is 421 g/mol. The van der Waals surface area contributed by atoms with E-state index in [4.69, 9.17) is 10.5 Å². The molecule has 4 aromatic rings. The second-order valence-corrected chi connectivity index (χ2v) is 7.31. The van der Waals surface area contributed by atoms with Crippen LogP contribution in [0.25, 0.3) is 16.9 Å². The molecule has 0 bridgehead atoms. The number of nitrogen functional groups attached to an aromatic ring is 1. The van der Waals surface area contributed by atoms with E-state index in [-0.39, 0.29) is 11.6 Å². The number of benzene rings is 3. The van der Waals surface area contributed by atoms with Crippen molar-refractivity contribution in [3.8, 4) is 22.7 Å². The molecule has 0 atom stereocenters. The number of urea groups is 1. The minimum Gasteiger partial charge on any atom is -0.496 e. The van der Waals surface area contributed by atoms with E-state index in [0.29, 0.717) is 30.0 Å². The highest BCUT2D eigenvalue weighted by Crippen LogP contribution is 2.34. The van der Waals surface area contributed by atoms with Crippen LogP contribution in [0.2, 0.25) is 0 Å². The van der Waals surface area contributed by atoms with Crippen molar-refractivity contribution in [2.75, 3.05) is 24.7 Å². The lowest BCUT2D eigenvalue weighted by Crippen LogP contribution is -2.30. The van der Waals surface area contributed by atoms with E-state index in [1.165, 1.54) is 16.8 Å². The number of nitrogens with one attached hydrogen (secondary N) is 2. The summed E-state index contributed by atoms with van der Waals surface area (Å²) in [6.07, 6.45) is 0.604. The first-order valence-corrected chi connectivity index (χ1v) is 10.4. The Kier molecular flexibility index (Phi) is 6.54. The van der Waals surface area contributed by atoms with Crippen molar-refractivity contribution in [1.82, 2.24) is 15.1 Å². The summed E-state index contributed by atoms with van der Waals surface area (Å²) in [5, 5.41) is 10.3. The van der Waals surface area contributed by atoms with E-state index in [9.17, 15) is 9.18 Å². The second kappa shape index (κ2) is 9.86. The van der Waals surface area contributed by atoms with E-state index in [1.54, 1.807) is 19.2 Å². The van der Waals surface area contributed by atoms with E-state index < -0.39 is 6.03 Å². The van der Waals surface area contributed by atoms with Gasteiger partial charge in [0.2, 0.25) is 0 Å². The molecule has 0 spiro atoms. The van der Waals surface area contributed by atoms with Gasteiger partial charge in [-0.1, -0.05) is 48.5 Å². The van der Waals surface area contributed by atoms with Crippen LogP contribution in [0.15, 0.2) is 78.9 Å². The van der Waals surface area contributed by atoms with Crippen LogP contribution in [0.5, 0.6) is 5.75 Å². The molecule has 33 heavy (non-hydrogen) atoms. The minimum atomic E-state index is -0.410. The molecule has 0 aliphatic heterocycles. The van der Waals surface area contributed by atoms with Gasteiger partial charge in [-0.2, -0.15) is 5.10 Å². The Bertz CT molecular complexity index is 1240. The highest BCUT2D eigenvalue weighted by atomic mass is 19.1. The van der Waals surface area contributed by atoms with Crippen LogP contribution in [-0.4, -0.2) is 29.5 Å². The van der Waals surface area contributed by atoms with Crippen LogP contribution in [-0.2, 0) is 6.42 Å². The van der Waals surface area contributed by atoms with E-state index in [1.807, 2.05) is 54.6 Å². The molecule has 2 amide bonds. The number of anilines is 2. The Balaban J connectivity index is 1.55. The van der Waals surface area contributed by atoms with Gasteiger partial charge in [0.1, 0.15) is 22.9 Å². The van der Waals surface area contributed by atoms with Crippen LogP contribution in [0.3, 0.4) is 0 Å². The molecule has 0 radical (unpaired) electrons. The van der Waals surface area contributed by atoms with Crippen molar-refractivity contribution in [3.63, 3.8) is 0 Å².